The fraction of sp³-hybridized carbons (Fsp3) is 0.375. The second kappa shape index (κ2) is 6.94. The highest BCUT2D eigenvalue weighted by molar-refractivity contribution is 5.93. The Kier molecular flexibility index (Phi) is 5.21. The Morgan fingerprint density at radius 3 is 2.73 bits per heavy atom. The monoisotopic (exact) mass is 320 g/mol. The molecule has 2 unspecified atom stereocenters. The molecule has 0 bridgehead atoms. The van der Waals surface area contributed by atoms with Gasteiger partial charge in [-0.3, -0.25) is 4.79 Å². The number of amides is 1. The number of carbonyl (C=O) groups excluding carboxylic acids is 1. The highest BCUT2D eigenvalue weighted by atomic mass is 35.5. The third-order valence-electron chi connectivity index (χ3n) is 4.11. The number of halogens is 1. The summed E-state index contributed by atoms with van der Waals surface area (Å²) in [7, 11) is 0. The van der Waals surface area contributed by atoms with E-state index in [1.54, 1.807) is 17.1 Å². The average molecular weight is 321 g/mol. The van der Waals surface area contributed by atoms with Crippen molar-refractivity contribution >= 4 is 18.3 Å². The van der Waals surface area contributed by atoms with Gasteiger partial charge in [0, 0.05) is 25.3 Å². The van der Waals surface area contributed by atoms with Crippen molar-refractivity contribution in [2.24, 2.45) is 11.7 Å². The molecule has 1 saturated heterocycles. The van der Waals surface area contributed by atoms with E-state index in [2.05, 4.69) is 12.0 Å². The van der Waals surface area contributed by atoms with Gasteiger partial charge in [0.15, 0.2) is 0 Å². The van der Waals surface area contributed by atoms with Crippen LogP contribution in [0.1, 0.15) is 23.7 Å². The van der Waals surface area contributed by atoms with Crippen LogP contribution in [0.2, 0.25) is 0 Å². The summed E-state index contributed by atoms with van der Waals surface area (Å²) in [6.07, 6.45) is 4.28. The lowest BCUT2D eigenvalue weighted by Crippen LogP contribution is -2.48. The van der Waals surface area contributed by atoms with Crippen LogP contribution in [0.3, 0.4) is 0 Å². The van der Waals surface area contributed by atoms with Crippen molar-refractivity contribution in [2.75, 3.05) is 13.1 Å². The molecule has 1 aromatic heterocycles. The molecule has 22 heavy (non-hydrogen) atoms. The second-order valence-electron chi connectivity index (χ2n) is 5.69. The zero-order valence-corrected chi connectivity index (χ0v) is 13.4. The van der Waals surface area contributed by atoms with E-state index >= 15 is 0 Å². The number of para-hydroxylation sites is 1. The maximum Gasteiger partial charge on any atom is 0.257 e. The molecule has 1 aromatic carbocycles. The normalized spacial score (nSPS) is 21.3. The summed E-state index contributed by atoms with van der Waals surface area (Å²) in [6.45, 7) is 3.54. The Morgan fingerprint density at radius 1 is 1.32 bits per heavy atom. The molecule has 6 heteroatoms. The second-order valence-corrected chi connectivity index (χ2v) is 5.69. The fourth-order valence-electron chi connectivity index (χ4n) is 2.69. The zero-order chi connectivity index (χ0) is 14.8. The minimum Gasteiger partial charge on any atom is -0.338 e. The molecule has 2 atom stereocenters. The third-order valence-corrected chi connectivity index (χ3v) is 4.11. The van der Waals surface area contributed by atoms with Crippen LogP contribution in [0.25, 0.3) is 5.69 Å². The molecular weight excluding hydrogens is 300 g/mol. The summed E-state index contributed by atoms with van der Waals surface area (Å²) in [5.74, 6) is 0.378. The summed E-state index contributed by atoms with van der Waals surface area (Å²) in [4.78, 5) is 14.4. The number of carbonyl (C=O) groups is 1. The quantitative estimate of drug-likeness (QED) is 0.921. The smallest absolute Gasteiger partial charge is 0.257 e. The summed E-state index contributed by atoms with van der Waals surface area (Å²) in [5.41, 5.74) is 7.58. The van der Waals surface area contributed by atoms with Crippen molar-refractivity contribution in [3.63, 3.8) is 0 Å². The topological polar surface area (TPSA) is 64.2 Å². The lowest BCUT2D eigenvalue weighted by Gasteiger charge is -2.34. The Labute approximate surface area is 136 Å². The molecule has 0 aliphatic carbocycles. The summed E-state index contributed by atoms with van der Waals surface area (Å²) in [6, 6.07) is 9.98. The number of hydrogen-bond acceptors (Lipinski definition) is 3. The van der Waals surface area contributed by atoms with Crippen molar-refractivity contribution < 1.29 is 4.79 Å². The van der Waals surface area contributed by atoms with Crippen LogP contribution < -0.4 is 5.73 Å². The molecule has 0 saturated carbocycles. The number of benzene rings is 1. The number of nitrogens with two attached hydrogens (primary N) is 1. The first-order valence-electron chi connectivity index (χ1n) is 7.30. The Hall–Kier alpha value is -1.85. The highest BCUT2D eigenvalue weighted by Gasteiger charge is 2.27. The van der Waals surface area contributed by atoms with Gasteiger partial charge >= 0.3 is 0 Å². The molecule has 1 fully saturated rings. The fourth-order valence-corrected chi connectivity index (χ4v) is 2.69. The summed E-state index contributed by atoms with van der Waals surface area (Å²) in [5, 5.41) is 4.28. The van der Waals surface area contributed by atoms with Gasteiger partial charge in [-0.15, -0.1) is 12.4 Å². The zero-order valence-electron chi connectivity index (χ0n) is 12.6. The third kappa shape index (κ3) is 3.31. The molecule has 1 amide bonds. The molecule has 1 aliphatic heterocycles. The molecular formula is C16H21ClN4O. The van der Waals surface area contributed by atoms with E-state index in [4.69, 9.17) is 5.73 Å². The number of hydrogen-bond donors (Lipinski definition) is 1. The summed E-state index contributed by atoms with van der Waals surface area (Å²) >= 11 is 0. The molecule has 2 aromatic rings. The SMILES string of the molecule is CC1CN(C(=O)c2cnn(-c3ccccc3)c2)CCC1N.Cl. The van der Waals surface area contributed by atoms with Crippen LogP contribution in [0.5, 0.6) is 0 Å². The van der Waals surface area contributed by atoms with E-state index < -0.39 is 0 Å². The van der Waals surface area contributed by atoms with Crippen LogP contribution in [0.4, 0.5) is 0 Å². The lowest BCUT2D eigenvalue weighted by atomic mass is 9.94. The van der Waals surface area contributed by atoms with Crippen molar-refractivity contribution in [3.8, 4) is 5.69 Å². The predicted molar refractivity (Wildman–Crippen MR) is 88.5 cm³/mol. The van der Waals surface area contributed by atoms with Gasteiger partial charge in [-0.05, 0) is 24.5 Å². The standard InChI is InChI=1S/C16H20N4O.ClH/c1-12-10-19(8-7-15(12)17)16(21)13-9-18-20(11-13)14-5-3-2-4-6-14;/h2-6,9,11-12,15H,7-8,10,17H2,1H3;1H. The summed E-state index contributed by atoms with van der Waals surface area (Å²) < 4.78 is 1.73. The van der Waals surface area contributed by atoms with Crippen LogP contribution in [0.15, 0.2) is 42.7 Å². The largest absolute Gasteiger partial charge is 0.338 e. The number of nitrogens with zero attached hydrogens (tertiary/aromatic N) is 3. The van der Waals surface area contributed by atoms with Crippen LogP contribution >= 0.6 is 12.4 Å². The Bertz CT molecular complexity index is 628. The molecule has 0 spiro atoms. The lowest BCUT2D eigenvalue weighted by molar-refractivity contribution is 0.0664. The Morgan fingerprint density at radius 2 is 2.05 bits per heavy atom. The van der Waals surface area contributed by atoms with Crippen molar-refractivity contribution in [3.05, 3.63) is 48.3 Å². The number of piperidine rings is 1. The van der Waals surface area contributed by atoms with E-state index in [-0.39, 0.29) is 24.4 Å². The van der Waals surface area contributed by atoms with Gasteiger partial charge in [-0.2, -0.15) is 5.10 Å². The van der Waals surface area contributed by atoms with Crippen molar-refractivity contribution in [1.82, 2.24) is 14.7 Å². The molecule has 1 aliphatic rings. The van der Waals surface area contributed by atoms with Gasteiger partial charge < -0.3 is 10.6 Å². The van der Waals surface area contributed by atoms with E-state index in [0.29, 0.717) is 11.5 Å². The predicted octanol–water partition coefficient (Wildman–Crippen LogP) is 2.10. The van der Waals surface area contributed by atoms with Crippen molar-refractivity contribution in [1.29, 1.82) is 0 Å². The van der Waals surface area contributed by atoms with E-state index in [9.17, 15) is 4.79 Å². The minimum atomic E-state index is 0. The van der Waals surface area contributed by atoms with E-state index in [1.165, 1.54) is 0 Å². The van der Waals surface area contributed by atoms with Gasteiger partial charge in [0.05, 0.1) is 17.4 Å². The minimum absolute atomic E-state index is 0. The van der Waals surface area contributed by atoms with Crippen LogP contribution in [-0.4, -0.2) is 39.7 Å². The van der Waals surface area contributed by atoms with Gasteiger partial charge in [0.1, 0.15) is 0 Å². The molecule has 118 valence electrons. The molecule has 0 radical (unpaired) electrons. The van der Waals surface area contributed by atoms with Gasteiger partial charge in [-0.25, -0.2) is 4.68 Å². The van der Waals surface area contributed by atoms with Gasteiger partial charge in [-0.1, -0.05) is 25.1 Å². The number of rotatable bonds is 2. The molecule has 5 nitrogen and oxygen atoms in total. The van der Waals surface area contributed by atoms with E-state index in [1.807, 2.05) is 35.2 Å². The first-order valence-corrected chi connectivity index (χ1v) is 7.30. The maximum atomic E-state index is 12.5. The number of likely N-dealkylation sites (tertiary alicyclic amines) is 1. The highest BCUT2D eigenvalue weighted by Crippen LogP contribution is 2.18. The maximum absolute atomic E-state index is 12.5. The van der Waals surface area contributed by atoms with Gasteiger partial charge in [0.2, 0.25) is 0 Å². The van der Waals surface area contributed by atoms with Crippen molar-refractivity contribution in [2.45, 2.75) is 19.4 Å². The first-order chi connectivity index (χ1) is 10.1. The molecule has 2 N–H and O–H groups in total. The van der Waals surface area contributed by atoms with Crippen LogP contribution in [0, 0.1) is 5.92 Å². The van der Waals surface area contributed by atoms with E-state index in [0.717, 1.165) is 25.2 Å². The first kappa shape index (κ1) is 16.5. The van der Waals surface area contributed by atoms with Gasteiger partial charge in [0.25, 0.3) is 5.91 Å². The average Bonchev–Trinajstić information content (AvgIpc) is 3.00. The number of aromatic nitrogens is 2. The Balaban J connectivity index is 0.00000176. The molecule has 3 rings (SSSR count). The molecule has 2 heterocycles. The van der Waals surface area contributed by atoms with Crippen LogP contribution in [-0.2, 0) is 0 Å².